The molecule has 1 saturated carbocycles. The summed E-state index contributed by atoms with van der Waals surface area (Å²) in [6.07, 6.45) is 4.43. The Hall–Kier alpha value is -0.910. The number of rotatable bonds is 5. The summed E-state index contributed by atoms with van der Waals surface area (Å²) < 4.78 is 6.73. The van der Waals surface area contributed by atoms with E-state index in [-0.39, 0.29) is 5.91 Å². The second-order valence-electron chi connectivity index (χ2n) is 5.63. The number of nitrogens with one attached hydrogen (secondary N) is 1. The van der Waals surface area contributed by atoms with Gasteiger partial charge in [-0.3, -0.25) is 4.79 Å². The normalized spacial score (nSPS) is 22.0. The van der Waals surface area contributed by atoms with Crippen LogP contribution in [0.15, 0.2) is 22.7 Å². The lowest BCUT2D eigenvalue weighted by Gasteiger charge is -2.26. The molecule has 3 N–H and O–H groups in total. The summed E-state index contributed by atoms with van der Waals surface area (Å²) in [5.74, 6) is -0.0648. The maximum absolute atomic E-state index is 12.0. The molecule has 2 rings (SSSR count). The van der Waals surface area contributed by atoms with Crippen LogP contribution in [0.5, 0.6) is 0 Å². The fourth-order valence-electron chi connectivity index (χ4n) is 2.48. The molecule has 0 saturated heterocycles. The molecule has 0 spiro atoms. The third-order valence-electron chi connectivity index (χ3n) is 3.89. The van der Waals surface area contributed by atoms with E-state index in [1.807, 2.05) is 25.1 Å². The molecule has 0 heterocycles. The summed E-state index contributed by atoms with van der Waals surface area (Å²) in [6.45, 7) is 3.08. The summed E-state index contributed by atoms with van der Waals surface area (Å²) >= 11 is 3.44. The van der Waals surface area contributed by atoms with Crippen LogP contribution in [0.4, 0.5) is 0 Å². The van der Waals surface area contributed by atoms with Crippen LogP contribution in [0.2, 0.25) is 0 Å². The second kappa shape index (κ2) is 7.92. The Morgan fingerprint density at radius 2 is 2.10 bits per heavy atom. The molecule has 21 heavy (non-hydrogen) atoms. The van der Waals surface area contributed by atoms with Crippen molar-refractivity contribution >= 4 is 21.8 Å². The van der Waals surface area contributed by atoms with Gasteiger partial charge in [-0.1, -0.05) is 22.0 Å². The zero-order valence-corrected chi connectivity index (χ0v) is 14.0. The van der Waals surface area contributed by atoms with Gasteiger partial charge < -0.3 is 15.8 Å². The van der Waals surface area contributed by atoms with Crippen LogP contribution >= 0.6 is 15.9 Å². The molecule has 1 amide bonds. The van der Waals surface area contributed by atoms with Crippen LogP contribution < -0.4 is 11.1 Å². The van der Waals surface area contributed by atoms with Crippen molar-refractivity contribution in [2.45, 2.75) is 44.8 Å². The number of hydrogen-bond acceptors (Lipinski definition) is 3. The number of nitrogens with two attached hydrogens (primary N) is 1. The number of ether oxygens (including phenoxy) is 1. The van der Waals surface area contributed by atoms with Crippen molar-refractivity contribution in [3.8, 4) is 0 Å². The first-order chi connectivity index (χ1) is 10.1. The lowest BCUT2D eigenvalue weighted by Crippen LogP contribution is -2.33. The molecular formula is C16H23BrN2O2. The Labute approximate surface area is 134 Å². The number of amides is 1. The maximum atomic E-state index is 12.0. The van der Waals surface area contributed by atoms with E-state index in [1.165, 1.54) is 0 Å². The van der Waals surface area contributed by atoms with Gasteiger partial charge in [0.05, 0.1) is 12.7 Å². The number of carbonyl (C=O) groups is 1. The fraction of sp³-hybridized carbons (Fsp3) is 0.562. The maximum Gasteiger partial charge on any atom is 0.251 e. The van der Waals surface area contributed by atoms with Gasteiger partial charge in [0.15, 0.2) is 0 Å². The minimum Gasteiger partial charge on any atom is -0.376 e. The van der Waals surface area contributed by atoms with Gasteiger partial charge in [-0.05, 0) is 50.3 Å². The van der Waals surface area contributed by atoms with Crippen molar-refractivity contribution in [1.82, 2.24) is 5.32 Å². The van der Waals surface area contributed by atoms with Crippen LogP contribution in [0.1, 0.15) is 41.6 Å². The van der Waals surface area contributed by atoms with E-state index in [2.05, 4.69) is 21.2 Å². The monoisotopic (exact) mass is 354 g/mol. The molecule has 0 atom stereocenters. The average Bonchev–Trinajstić information content (AvgIpc) is 2.48. The summed E-state index contributed by atoms with van der Waals surface area (Å²) in [7, 11) is 0. The SMILES string of the molecule is Cc1ccc(C(=O)NCCOC2CCC(N)CC2)cc1Br. The van der Waals surface area contributed by atoms with E-state index in [0.29, 0.717) is 30.9 Å². The highest BCUT2D eigenvalue weighted by molar-refractivity contribution is 9.10. The van der Waals surface area contributed by atoms with E-state index < -0.39 is 0 Å². The highest BCUT2D eigenvalue weighted by atomic mass is 79.9. The van der Waals surface area contributed by atoms with Crippen molar-refractivity contribution < 1.29 is 9.53 Å². The zero-order valence-electron chi connectivity index (χ0n) is 12.4. The van der Waals surface area contributed by atoms with Crippen molar-refractivity contribution in [2.24, 2.45) is 5.73 Å². The molecule has 0 unspecified atom stereocenters. The number of aryl methyl sites for hydroxylation is 1. The predicted molar refractivity (Wildman–Crippen MR) is 87.4 cm³/mol. The summed E-state index contributed by atoms with van der Waals surface area (Å²) in [5, 5.41) is 2.88. The molecule has 116 valence electrons. The average molecular weight is 355 g/mol. The van der Waals surface area contributed by atoms with Crippen molar-refractivity contribution in [1.29, 1.82) is 0 Å². The lowest BCUT2D eigenvalue weighted by atomic mass is 9.94. The van der Waals surface area contributed by atoms with Gasteiger partial charge in [0.25, 0.3) is 5.91 Å². The van der Waals surface area contributed by atoms with E-state index >= 15 is 0 Å². The highest BCUT2D eigenvalue weighted by Crippen LogP contribution is 2.19. The van der Waals surface area contributed by atoms with Gasteiger partial charge in [0.2, 0.25) is 0 Å². The molecule has 4 nitrogen and oxygen atoms in total. The van der Waals surface area contributed by atoms with E-state index in [0.717, 1.165) is 35.7 Å². The van der Waals surface area contributed by atoms with Crippen molar-refractivity contribution in [3.05, 3.63) is 33.8 Å². The molecule has 0 aliphatic heterocycles. The molecule has 1 aromatic rings. The molecule has 1 aromatic carbocycles. The predicted octanol–water partition coefficient (Wildman–Crippen LogP) is 2.77. The minimum absolute atomic E-state index is 0.0648. The van der Waals surface area contributed by atoms with E-state index in [1.54, 1.807) is 0 Å². The largest absolute Gasteiger partial charge is 0.376 e. The minimum atomic E-state index is -0.0648. The first-order valence-corrected chi connectivity index (χ1v) is 8.27. The Balaban J connectivity index is 1.68. The quantitative estimate of drug-likeness (QED) is 0.799. The Morgan fingerprint density at radius 3 is 2.76 bits per heavy atom. The van der Waals surface area contributed by atoms with Gasteiger partial charge in [-0.25, -0.2) is 0 Å². The molecule has 5 heteroatoms. The van der Waals surface area contributed by atoms with Crippen LogP contribution in [0.3, 0.4) is 0 Å². The number of hydrogen-bond donors (Lipinski definition) is 2. The Bertz CT molecular complexity index is 485. The third kappa shape index (κ3) is 5.09. The zero-order chi connectivity index (χ0) is 15.2. The van der Waals surface area contributed by atoms with Gasteiger partial charge in [-0.15, -0.1) is 0 Å². The van der Waals surface area contributed by atoms with Crippen LogP contribution in [0, 0.1) is 6.92 Å². The number of carbonyl (C=O) groups excluding carboxylic acids is 1. The molecular weight excluding hydrogens is 332 g/mol. The smallest absolute Gasteiger partial charge is 0.251 e. The molecule has 1 fully saturated rings. The highest BCUT2D eigenvalue weighted by Gasteiger charge is 2.18. The molecule has 1 aliphatic rings. The van der Waals surface area contributed by atoms with E-state index in [4.69, 9.17) is 10.5 Å². The lowest BCUT2D eigenvalue weighted by molar-refractivity contribution is 0.0267. The van der Waals surface area contributed by atoms with Crippen LogP contribution in [-0.4, -0.2) is 31.2 Å². The Morgan fingerprint density at radius 1 is 1.38 bits per heavy atom. The summed E-state index contributed by atoms with van der Waals surface area (Å²) in [5.41, 5.74) is 7.64. The topological polar surface area (TPSA) is 64.3 Å². The second-order valence-corrected chi connectivity index (χ2v) is 6.48. The van der Waals surface area contributed by atoms with Crippen molar-refractivity contribution in [3.63, 3.8) is 0 Å². The fourth-order valence-corrected chi connectivity index (χ4v) is 2.86. The molecule has 0 bridgehead atoms. The summed E-state index contributed by atoms with van der Waals surface area (Å²) in [4.78, 5) is 12.0. The van der Waals surface area contributed by atoms with Crippen LogP contribution in [0.25, 0.3) is 0 Å². The summed E-state index contributed by atoms with van der Waals surface area (Å²) in [6, 6.07) is 5.94. The van der Waals surface area contributed by atoms with Gasteiger partial charge >= 0.3 is 0 Å². The third-order valence-corrected chi connectivity index (χ3v) is 4.75. The molecule has 0 aromatic heterocycles. The number of halogens is 1. The van der Waals surface area contributed by atoms with Gasteiger partial charge in [-0.2, -0.15) is 0 Å². The molecule has 1 aliphatic carbocycles. The first-order valence-electron chi connectivity index (χ1n) is 7.48. The van der Waals surface area contributed by atoms with Gasteiger partial charge in [0.1, 0.15) is 0 Å². The first kappa shape index (κ1) is 16.5. The Kier molecular flexibility index (Phi) is 6.21. The van der Waals surface area contributed by atoms with E-state index in [9.17, 15) is 4.79 Å². The molecule has 0 radical (unpaired) electrons. The number of benzene rings is 1. The standard InChI is InChI=1S/C16H23BrN2O2/c1-11-2-3-12(10-15(11)17)16(20)19-8-9-21-14-6-4-13(18)5-7-14/h2-3,10,13-14H,4-9,18H2,1H3,(H,19,20). The van der Waals surface area contributed by atoms with Crippen LogP contribution in [-0.2, 0) is 4.74 Å². The van der Waals surface area contributed by atoms with Crippen molar-refractivity contribution in [2.75, 3.05) is 13.2 Å². The van der Waals surface area contributed by atoms with Gasteiger partial charge in [0, 0.05) is 22.6 Å².